The summed E-state index contributed by atoms with van der Waals surface area (Å²) in [6.45, 7) is 20.8. The molecule has 7 aromatic rings. The van der Waals surface area contributed by atoms with Crippen molar-refractivity contribution in [1.29, 1.82) is 0 Å². The molecule has 10 unspecified atom stereocenters. The Kier molecular flexibility index (Phi) is 57.6. The fraction of sp³-hybridized carbons (Fsp3) is 0.456. The van der Waals surface area contributed by atoms with Crippen LogP contribution in [-0.4, -0.2) is 233 Å². The van der Waals surface area contributed by atoms with E-state index in [2.05, 4.69) is 126 Å². The number of alkyl halides is 8. The van der Waals surface area contributed by atoms with E-state index in [-0.39, 0.29) is 136 Å². The topological polar surface area (TPSA) is 319 Å². The molecule has 0 saturated carbocycles. The van der Waals surface area contributed by atoms with Crippen LogP contribution >= 0.6 is 87.7 Å². The number of hydrogen-bond acceptors (Lipinski definition) is 20. The standard InChI is InChI=1S/C29H35F2N3O5.C27H31F2N3O5.C15H16BrF2NO3.C15H18BrF2NO2.C13H16BrNO2.4CH4.2HI.V/c1-5-38-27(36)22-17-34(18-25(30)31)16-21(22)20-13-10-19(11-14-20)12-15-26(35)32-23-8-6-7-9-24(23)33-28(37)39-29(2,3)4;1-27(2,3)37-26(36)31-22-7-5-4-6-21(22)30-24(33)13-10-17-8-11-18(12-9-17)19-14-32(16-23(28)29)15-20(19)25(34)35;1-2-22-15(21)12-8-19(14(20)13(17)18)7-11(12)9-3-5-10(16)6-4-9;1-2-21-15(20)13-8-19(9-14(17)18)7-12(13)10-3-5-11(16)6-4-10;1-2-17-13(16)12-8-15-7-11(12)9-3-5-10(14)6-4-9;;;;;;;/h6-15,21-22,25H,5,16-18H2,1-4H3,(H,32,35)(H,33,37);4-13,19-20,23H,14-16H2,1-3H3,(H,30,33)(H,31,36)(H,34,35);3-6,11-13H,2,7-8H2,1H3;3-6,12-14H,2,7-9H2,1H3;3-6,11-12,15H,2,7-8H2,1H3;4*1H4;2*1H;/q;;;;;;;;;;;+2/p-2/b15-12+;13-10+;;;;;;;;;;. The van der Waals surface area contributed by atoms with Crippen molar-refractivity contribution in [1.82, 2.24) is 24.9 Å². The summed E-state index contributed by atoms with van der Waals surface area (Å²) in [5.41, 5.74) is 6.27. The van der Waals surface area contributed by atoms with Crippen molar-refractivity contribution in [2.75, 3.05) is 133 Å². The summed E-state index contributed by atoms with van der Waals surface area (Å²) < 4.78 is 136. The monoisotopic (exact) mass is 2460 g/mol. The molecule has 143 heavy (non-hydrogen) atoms. The third-order valence-electron chi connectivity index (χ3n) is 22.2. The first-order chi connectivity index (χ1) is 65.9. The minimum atomic E-state index is -3.06. The Bertz CT molecular complexity index is 5200. The fourth-order valence-corrected chi connectivity index (χ4v) is 17.0. The number of carbonyl (C=O) groups excluding carboxylic acids is 9. The summed E-state index contributed by atoms with van der Waals surface area (Å²) in [6, 6.07) is 50.8. The molecule has 5 amide bonds. The van der Waals surface area contributed by atoms with E-state index < -0.39 is 116 Å². The number of carboxylic acid groups (broad SMARTS) is 1. The van der Waals surface area contributed by atoms with Crippen molar-refractivity contribution in [3.8, 4) is 0 Å². The molecule has 0 aromatic heterocycles. The number of benzene rings is 7. The molecule has 10 atom stereocenters. The van der Waals surface area contributed by atoms with Crippen LogP contribution in [0, 0.1) is 29.6 Å². The number of nitrogens with zero attached hydrogens (tertiary/aromatic N) is 4. The molecule has 0 spiro atoms. The number of likely N-dealkylation sites (tertiary alicyclic amines) is 4. The van der Waals surface area contributed by atoms with Gasteiger partial charge in [0.15, 0.2) is 0 Å². The molecule has 0 bridgehead atoms. The summed E-state index contributed by atoms with van der Waals surface area (Å²) in [7, 11) is 0.628. The molecule has 12 rings (SSSR count). The summed E-state index contributed by atoms with van der Waals surface area (Å²) in [4.78, 5) is 127. The van der Waals surface area contributed by atoms with Crippen molar-refractivity contribution in [2.45, 2.75) is 165 Å². The predicted molar refractivity (Wildman–Crippen MR) is 566 cm³/mol. The normalized spacial score (nSPS) is 19.1. The van der Waals surface area contributed by atoms with Crippen molar-refractivity contribution in [3.63, 3.8) is 0 Å². The van der Waals surface area contributed by atoms with Crippen LogP contribution in [0.15, 0.2) is 195 Å². The van der Waals surface area contributed by atoms with E-state index in [9.17, 15) is 88.2 Å². The van der Waals surface area contributed by atoms with Gasteiger partial charge in [0.05, 0.1) is 98.4 Å². The van der Waals surface area contributed by atoms with Crippen molar-refractivity contribution < 1.29 is 126 Å². The number of esters is 4. The maximum absolute atomic E-state index is 12.9. The number of amides is 5. The first kappa shape index (κ1) is 128. The van der Waals surface area contributed by atoms with Crippen LogP contribution in [0.25, 0.3) is 12.2 Å². The van der Waals surface area contributed by atoms with Crippen LogP contribution in [0.1, 0.15) is 167 Å². The summed E-state index contributed by atoms with van der Waals surface area (Å²) in [6.07, 6.45) is -5.82. The van der Waals surface area contributed by atoms with Crippen molar-refractivity contribution >= 4 is 182 Å². The molecule has 26 nitrogen and oxygen atoms in total. The molecule has 787 valence electrons. The van der Waals surface area contributed by atoms with Gasteiger partial charge in [-0.15, -0.1) is 0 Å². The Morgan fingerprint density at radius 2 is 0.671 bits per heavy atom. The SMILES string of the molecule is C.C.C.C.CC(C)(C)OC(=O)Nc1ccccc1NC(=O)/C=C/c1ccc(C2CN(CC(F)F)CC2C(=O)O)cc1.CCOC(=O)C1CN(C(=O)C(F)F)CC1c1ccc(Br)cc1.CCOC(=O)C1CN(CC(F)F)CC1c1ccc(/C=C/C(=O)Nc2ccccc2NC(=O)OC(C)(C)C)cc1.CCOC(=O)C1CN(CC(F)F)CC1c1ccc(Br)cc1.CCOC(=O)C1CNCC1c1ccc(Br)cc1.[I][V][I]. The minimum absolute atomic E-state index is 0. The van der Waals surface area contributed by atoms with E-state index in [0.717, 1.165) is 52.7 Å². The number of para-hydroxylation sites is 4. The summed E-state index contributed by atoms with van der Waals surface area (Å²) in [5.74, 6) is -7.55. The number of ether oxygens (including phenoxy) is 6. The number of nitrogens with one attached hydrogen (secondary N) is 5. The number of halogens is 13. The second kappa shape index (κ2) is 64.3. The van der Waals surface area contributed by atoms with Crippen LogP contribution in [0.5, 0.6) is 0 Å². The van der Waals surface area contributed by atoms with Gasteiger partial charge in [-0.1, -0.05) is 187 Å². The first-order valence-corrected chi connectivity index (χ1v) is 56.1. The molecule has 40 heteroatoms. The van der Waals surface area contributed by atoms with E-state index in [1.807, 2.05) is 79.7 Å². The molecule has 0 aliphatic carbocycles. The van der Waals surface area contributed by atoms with E-state index in [0.29, 0.717) is 77.2 Å². The van der Waals surface area contributed by atoms with Gasteiger partial charge in [0.25, 0.3) is 25.2 Å². The van der Waals surface area contributed by atoms with Crippen molar-refractivity contribution in [3.05, 3.63) is 234 Å². The zero-order chi connectivity index (χ0) is 102. The molecule has 5 aliphatic rings. The average Bonchev–Trinajstić information content (AvgIpc) is 1.65. The van der Waals surface area contributed by atoms with Gasteiger partial charge in [-0.05, 0) is 181 Å². The summed E-state index contributed by atoms with van der Waals surface area (Å²) >= 11 is 14.8. The van der Waals surface area contributed by atoms with Crippen LogP contribution in [0.2, 0.25) is 0 Å². The fourth-order valence-electron chi connectivity index (χ4n) is 16.2. The van der Waals surface area contributed by atoms with Crippen LogP contribution in [0.3, 0.4) is 0 Å². The van der Waals surface area contributed by atoms with E-state index >= 15 is 0 Å². The van der Waals surface area contributed by atoms with Gasteiger partial charge in [-0.3, -0.25) is 63.7 Å². The Labute approximate surface area is 888 Å². The van der Waals surface area contributed by atoms with E-state index in [1.54, 1.807) is 169 Å². The van der Waals surface area contributed by atoms with E-state index in [4.69, 9.17) is 28.4 Å². The van der Waals surface area contributed by atoms with Crippen LogP contribution in [-0.2, 0) is 76.2 Å². The third-order valence-corrected chi connectivity index (χ3v) is 23.8. The molecule has 0 radical (unpaired) electrons. The number of hydrogen-bond donors (Lipinski definition) is 6. The zero-order valence-electron chi connectivity index (χ0n) is 78.2. The summed E-state index contributed by atoms with van der Waals surface area (Å²) in [5, 5.41) is 23.5. The Morgan fingerprint density at radius 3 is 0.965 bits per heavy atom. The molecular formula is C103H132Br3F8I2N9O17V. The second-order valence-corrected chi connectivity index (χ2v) is 49.0. The molecule has 5 aliphatic heterocycles. The molecule has 5 saturated heterocycles. The first-order valence-electron chi connectivity index (χ1n) is 44.7. The number of carbonyl (C=O) groups is 10. The number of aliphatic carboxylic acids is 1. The van der Waals surface area contributed by atoms with Gasteiger partial charge in [0, 0.05) is 121 Å². The predicted octanol–water partition coefficient (Wildman–Crippen LogP) is 23.3. The second-order valence-electron chi connectivity index (χ2n) is 34.5. The maximum atomic E-state index is 12.9. The van der Waals surface area contributed by atoms with Gasteiger partial charge in [0.2, 0.25) is 11.8 Å². The molecule has 7 aromatic carbocycles. The van der Waals surface area contributed by atoms with Crippen LogP contribution < -0.4 is 26.6 Å². The van der Waals surface area contributed by atoms with Crippen molar-refractivity contribution in [2.24, 2.45) is 29.6 Å². The zero-order valence-corrected chi connectivity index (χ0v) is 88.7. The average molecular weight is 2460 g/mol. The van der Waals surface area contributed by atoms with Gasteiger partial charge >= 0.3 is 97.9 Å². The molecular weight excluding hydrogens is 2330 g/mol. The Hall–Kier alpha value is -8.92. The molecule has 5 fully saturated rings. The molecule has 5 heterocycles. The molecule has 6 N–H and O–H groups in total. The Balaban J connectivity index is 0.000000468. The Morgan fingerprint density at radius 1 is 0.399 bits per heavy atom. The van der Waals surface area contributed by atoms with Gasteiger partial charge < -0.3 is 54.4 Å². The number of rotatable bonds is 29. The van der Waals surface area contributed by atoms with Crippen LogP contribution in [0.4, 0.5) is 67.5 Å². The van der Waals surface area contributed by atoms with E-state index in [1.165, 1.54) is 22.6 Å². The van der Waals surface area contributed by atoms with Gasteiger partial charge in [-0.25, -0.2) is 35.9 Å². The quantitative estimate of drug-likeness (QED) is 0.00834. The van der Waals surface area contributed by atoms with Gasteiger partial charge in [0.1, 0.15) is 11.2 Å². The number of anilines is 4. The number of carboxylic acids is 1. The van der Waals surface area contributed by atoms with Gasteiger partial charge in [-0.2, -0.15) is 8.78 Å². The third kappa shape index (κ3) is 43.6.